The molecule has 18 rings (SSSR count). The lowest BCUT2D eigenvalue weighted by Gasteiger charge is -2.39. The molecule has 2 aliphatic carbocycles. The molecule has 2 unspecified atom stereocenters. The van der Waals surface area contributed by atoms with Crippen molar-refractivity contribution in [3.8, 4) is 17.2 Å². The van der Waals surface area contributed by atoms with Crippen LogP contribution in [0.2, 0.25) is 0 Å². The molecular formula is C87H89N7O6S4. The van der Waals surface area contributed by atoms with Crippen molar-refractivity contribution >= 4 is 80.8 Å². The summed E-state index contributed by atoms with van der Waals surface area (Å²) in [6.45, 7) is 9.03. The molecule has 532 valence electrons. The summed E-state index contributed by atoms with van der Waals surface area (Å²) in [5.41, 5.74) is 32.2. The van der Waals surface area contributed by atoms with Gasteiger partial charge in [-0.15, -0.1) is 46.2 Å². The highest BCUT2D eigenvalue weighted by Gasteiger charge is 2.48. The summed E-state index contributed by atoms with van der Waals surface area (Å²) in [5.74, 6) is 5.41. The average Bonchev–Trinajstić information content (AvgIpc) is 1.59. The Hall–Kier alpha value is -8.65. The van der Waals surface area contributed by atoms with Crippen molar-refractivity contribution in [3.63, 3.8) is 0 Å². The Morgan fingerprint density at radius 1 is 0.471 bits per heavy atom. The van der Waals surface area contributed by atoms with Gasteiger partial charge in [-0.05, 0) is 109 Å². The number of fused-ring (bicyclic) bond motifs is 9. The predicted octanol–water partition coefficient (Wildman–Crippen LogP) is 16.2. The van der Waals surface area contributed by atoms with Gasteiger partial charge in [-0.2, -0.15) is 0 Å². The number of benzene rings is 7. The number of nitrogens with zero attached hydrogens (tertiary/aromatic N) is 4. The molecule has 0 bridgehead atoms. The maximum atomic E-state index is 13.8. The summed E-state index contributed by atoms with van der Waals surface area (Å²) in [5, 5.41) is 2.25. The molecule has 7 aliphatic heterocycles. The Labute approximate surface area is 626 Å². The van der Waals surface area contributed by atoms with Gasteiger partial charge >= 0.3 is 0 Å². The van der Waals surface area contributed by atoms with Crippen molar-refractivity contribution in [1.29, 1.82) is 0 Å². The molecule has 104 heavy (non-hydrogen) atoms. The zero-order valence-electron chi connectivity index (χ0n) is 58.7. The van der Waals surface area contributed by atoms with E-state index in [-0.39, 0.29) is 45.9 Å². The van der Waals surface area contributed by atoms with Gasteiger partial charge in [0, 0.05) is 144 Å². The summed E-state index contributed by atoms with van der Waals surface area (Å²) in [6, 6.07) is 59.0. The van der Waals surface area contributed by atoms with Gasteiger partial charge < -0.3 is 51.0 Å². The molecule has 17 heteroatoms. The number of likely N-dealkylation sites (tertiary alicyclic amines) is 3. The number of thioether (sulfide) groups is 2. The lowest BCUT2D eigenvalue weighted by Crippen LogP contribution is -2.47. The first-order valence-corrected chi connectivity index (χ1v) is 40.4. The third-order valence-corrected chi connectivity index (χ3v) is 28.1. The molecule has 13 nitrogen and oxygen atoms in total. The molecule has 9 aliphatic rings. The van der Waals surface area contributed by atoms with Gasteiger partial charge in [0.05, 0.1) is 39.2 Å². The maximum absolute atomic E-state index is 13.8. The molecule has 7 aromatic carbocycles. The Morgan fingerprint density at radius 3 is 1.40 bits per heavy atom. The number of thiophene rings is 2. The number of ether oxygens (including phenoxy) is 3. The van der Waals surface area contributed by atoms with Crippen LogP contribution in [0.5, 0.6) is 17.2 Å². The monoisotopic (exact) mass is 1460 g/mol. The fourth-order valence-corrected chi connectivity index (χ4v) is 21.8. The number of amides is 3. The third-order valence-electron chi connectivity index (χ3n) is 23.0. The van der Waals surface area contributed by atoms with E-state index in [0.717, 1.165) is 163 Å². The van der Waals surface area contributed by atoms with Crippen LogP contribution in [0.3, 0.4) is 0 Å². The van der Waals surface area contributed by atoms with E-state index in [1.165, 1.54) is 58.3 Å². The van der Waals surface area contributed by atoms with Crippen molar-refractivity contribution in [1.82, 2.24) is 19.6 Å². The first kappa shape index (κ1) is 69.7. The fourth-order valence-electron chi connectivity index (χ4n) is 16.8. The molecule has 9 aromatic rings. The number of hydrogen-bond acceptors (Lipinski definition) is 14. The first-order valence-electron chi connectivity index (χ1n) is 36.8. The second-order valence-corrected chi connectivity index (χ2v) is 33.6. The summed E-state index contributed by atoms with van der Waals surface area (Å²) < 4.78 is 20.6. The van der Waals surface area contributed by atoms with Crippen LogP contribution in [-0.2, 0) is 65.1 Å². The van der Waals surface area contributed by atoms with Gasteiger partial charge in [0.15, 0.2) is 0 Å². The van der Waals surface area contributed by atoms with E-state index in [0.29, 0.717) is 39.5 Å². The highest BCUT2D eigenvalue weighted by Crippen LogP contribution is 2.51. The lowest BCUT2D eigenvalue weighted by atomic mass is 9.74. The second kappa shape index (κ2) is 30.4. The molecule has 3 fully saturated rings. The van der Waals surface area contributed by atoms with Gasteiger partial charge in [-0.1, -0.05) is 188 Å². The molecule has 2 aromatic heterocycles. The summed E-state index contributed by atoms with van der Waals surface area (Å²) in [4.78, 5) is 51.5. The molecule has 2 atom stereocenters. The normalized spacial score (nSPS) is 19.4. The second-order valence-electron chi connectivity index (χ2n) is 29.1. The van der Waals surface area contributed by atoms with Crippen molar-refractivity contribution in [2.45, 2.75) is 120 Å². The van der Waals surface area contributed by atoms with Crippen LogP contribution in [0.15, 0.2) is 220 Å². The van der Waals surface area contributed by atoms with E-state index in [4.69, 9.17) is 31.4 Å². The van der Waals surface area contributed by atoms with Crippen LogP contribution in [0.1, 0.15) is 125 Å². The molecule has 0 radical (unpaired) electrons. The highest BCUT2D eigenvalue weighted by molar-refractivity contribution is 8.00. The van der Waals surface area contributed by atoms with E-state index in [2.05, 4.69) is 197 Å². The topological polar surface area (TPSA) is 170 Å². The summed E-state index contributed by atoms with van der Waals surface area (Å²) >= 11 is 7.01. The van der Waals surface area contributed by atoms with Gasteiger partial charge in [-0.3, -0.25) is 14.4 Å². The van der Waals surface area contributed by atoms with E-state index in [1.54, 1.807) is 22.7 Å². The lowest BCUT2D eigenvalue weighted by molar-refractivity contribution is -0.129. The third kappa shape index (κ3) is 13.9. The van der Waals surface area contributed by atoms with E-state index in [9.17, 15) is 14.4 Å². The molecule has 9 heterocycles. The minimum atomic E-state index is -0.00843. The molecule has 6 N–H and O–H groups in total. The Morgan fingerprint density at radius 2 is 0.904 bits per heavy atom. The molecule has 3 spiro atoms. The molecular weight excluding hydrogens is 1370 g/mol. The zero-order valence-corrected chi connectivity index (χ0v) is 62.0. The van der Waals surface area contributed by atoms with Crippen LogP contribution in [-0.4, -0.2) is 102 Å². The minimum Gasteiger partial charge on any atom is -0.492 e. The number of carbonyl (C=O) groups excluding carboxylic acids is 3. The van der Waals surface area contributed by atoms with Gasteiger partial charge in [0.25, 0.3) is 17.7 Å². The van der Waals surface area contributed by atoms with Gasteiger partial charge in [0.2, 0.25) is 0 Å². The molecule has 3 amide bonds. The van der Waals surface area contributed by atoms with Crippen LogP contribution in [0, 0.1) is 5.92 Å². The van der Waals surface area contributed by atoms with Crippen LogP contribution < -0.4 is 31.4 Å². The summed E-state index contributed by atoms with van der Waals surface area (Å²) in [7, 11) is 0. The van der Waals surface area contributed by atoms with Gasteiger partial charge in [-0.25, -0.2) is 0 Å². The average molecular weight is 1460 g/mol. The van der Waals surface area contributed by atoms with E-state index >= 15 is 0 Å². The SMILES string of the molecule is NCc1ccc2c(c1)C1(CCN(C(=O)C3=CN(Cc4ccccc4)C4C=CC=CC34)CC1)CO2.NCc1ccc2c(c1)C1(CCN(C(=O)c3sc(SCc4ccccc4)c4c3CCC=C4)CC1)CO2.NCc1ccc2c(c1)C1(CCN(C(=O)c3sc(SCc4ccccc4)c4ccccc34)CC1)CO2. The summed E-state index contributed by atoms with van der Waals surface area (Å²) in [6.07, 6.45) is 22.6. The quantitative estimate of drug-likeness (QED) is 0.0882. The largest absolute Gasteiger partial charge is 0.492 e. The number of hydrogen-bond donors (Lipinski definition) is 3. The molecule has 3 saturated heterocycles. The number of nitrogens with two attached hydrogens (primary N) is 3. The minimum absolute atomic E-state index is 0.00326. The highest BCUT2D eigenvalue weighted by atomic mass is 32.2. The van der Waals surface area contributed by atoms with Crippen molar-refractivity contribution in [3.05, 3.63) is 283 Å². The van der Waals surface area contributed by atoms with E-state index < -0.39 is 0 Å². The van der Waals surface area contributed by atoms with Crippen molar-refractivity contribution in [2.75, 3.05) is 59.1 Å². The van der Waals surface area contributed by atoms with Crippen molar-refractivity contribution in [2.24, 2.45) is 23.1 Å². The predicted molar refractivity (Wildman–Crippen MR) is 422 cm³/mol. The standard InChI is InChI=1S/C29H31N3O2.C29H30N2O2S2.C29H28N2O2S2/c30-17-22-10-11-27-25(16-22)29(20-34-27)12-14-31(15-13-29)28(33)24-19-32(18-21-6-2-1-3-7-21)26-9-5-4-8-23(24)26;2*30-17-21-10-11-25-24(16-21)29(19-33-25)12-14-31(15-13-29)27(32)26-22-8-4-5-9-23(22)28(35-26)34-18-20-6-2-1-3-7-20/h1-11,16,19,23,26H,12-15,17-18,20,30H2;1-3,5-7,9-11,16H,4,8,12-15,17-19,30H2;1-11,16H,12-15,17-19,30H2. The molecule has 0 saturated carbocycles. The van der Waals surface area contributed by atoms with Crippen molar-refractivity contribution < 1.29 is 28.6 Å². The number of allylic oxidation sites excluding steroid dienone is 3. The van der Waals surface area contributed by atoms with Gasteiger partial charge in [0.1, 0.15) is 22.1 Å². The number of piperidine rings is 3. The van der Waals surface area contributed by atoms with Crippen LogP contribution in [0.4, 0.5) is 0 Å². The fraction of sp³-hybridized carbons (Fsp3) is 0.322. The van der Waals surface area contributed by atoms with E-state index in [1.807, 2.05) is 58.8 Å². The Kier molecular flexibility index (Phi) is 20.4. The van der Waals surface area contributed by atoms with Crippen LogP contribution >= 0.6 is 46.2 Å². The Balaban J connectivity index is 0.000000120. The zero-order chi connectivity index (χ0) is 70.8. The number of rotatable bonds is 14. The maximum Gasteiger partial charge on any atom is 0.264 e. The number of carbonyl (C=O) groups is 3. The Bertz CT molecular complexity index is 4770. The smallest absolute Gasteiger partial charge is 0.264 e. The van der Waals surface area contributed by atoms with Crippen LogP contribution in [0.25, 0.3) is 16.8 Å². The first-order chi connectivity index (χ1) is 51.0.